The highest BCUT2D eigenvalue weighted by Gasteiger charge is 2.09. The van der Waals surface area contributed by atoms with Crippen LogP contribution in [0.25, 0.3) is 0 Å². The summed E-state index contributed by atoms with van der Waals surface area (Å²) in [5.74, 6) is 0.874. The molecule has 1 heterocycles. The van der Waals surface area contributed by atoms with Gasteiger partial charge in [-0.1, -0.05) is 45.1 Å². The summed E-state index contributed by atoms with van der Waals surface area (Å²) in [5.41, 5.74) is 3.15. The van der Waals surface area contributed by atoms with Crippen LogP contribution in [0.1, 0.15) is 52.9 Å². The lowest BCUT2D eigenvalue weighted by Crippen LogP contribution is -2.36. The van der Waals surface area contributed by atoms with Crippen molar-refractivity contribution in [1.29, 1.82) is 0 Å². The Hall–Kier alpha value is -0.340. The number of hydrogen-bond donors (Lipinski definition) is 2. The predicted molar refractivity (Wildman–Crippen MR) is 76.4 cm³/mol. The van der Waals surface area contributed by atoms with Crippen LogP contribution < -0.4 is 10.6 Å². The molecule has 17 heavy (non-hydrogen) atoms. The summed E-state index contributed by atoms with van der Waals surface area (Å²) in [6.07, 6.45) is 6.93. The molecule has 1 aliphatic heterocycles. The lowest BCUT2D eigenvalue weighted by Gasteiger charge is -2.22. The van der Waals surface area contributed by atoms with Crippen LogP contribution >= 0.6 is 0 Å². The van der Waals surface area contributed by atoms with Crippen LogP contribution in [0, 0.1) is 5.92 Å². The van der Waals surface area contributed by atoms with Gasteiger partial charge in [-0.2, -0.15) is 0 Å². The van der Waals surface area contributed by atoms with Crippen molar-refractivity contribution < 1.29 is 0 Å². The Bertz CT molecular complexity index is 225. The molecule has 2 N–H and O–H groups in total. The van der Waals surface area contributed by atoms with Crippen molar-refractivity contribution in [3.63, 3.8) is 0 Å². The molecule has 0 unspecified atom stereocenters. The van der Waals surface area contributed by atoms with E-state index < -0.39 is 0 Å². The van der Waals surface area contributed by atoms with Gasteiger partial charge in [0.2, 0.25) is 0 Å². The Morgan fingerprint density at radius 2 is 1.88 bits per heavy atom. The van der Waals surface area contributed by atoms with Gasteiger partial charge in [-0.25, -0.2) is 0 Å². The molecule has 0 spiro atoms. The molecule has 0 radical (unpaired) electrons. The normalized spacial score (nSPS) is 15.2. The van der Waals surface area contributed by atoms with E-state index in [0.29, 0.717) is 0 Å². The maximum absolute atomic E-state index is 3.55. The minimum atomic E-state index is 0.874. The Morgan fingerprint density at radius 3 is 2.47 bits per heavy atom. The molecule has 1 saturated heterocycles. The first kappa shape index (κ1) is 14.7. The second-order valence-electron chi connectivity index (χ2n) is 5.76. The van der Waals surface area contributed by atoms with Gasteiger partial charge in [-0.05, 0) is 31.4 Å². The molecule has 0 aromatic heterocycles. The van der Waals surface area contributed by atoms with Crippen molar-refractivity contribution in [2.24, 2.45) is 5.92 Å². The number of unbranched alkanes of at least 4 members (excludes halogenated alkanes) is 3. The van der Waals surface area contributed by atoms with E-state index in [-0.39, 0.29) is 0 Å². The third kappa shape index (κ3) is 6.85. The molecule has 2 nitrogen and oxygen atoms in total. The third-order valence-corrected chi connectivity index (χ3v) is 3.56. The molecule has 2 heteroatoms. The molecule has 0 amide bonds. The third-order valence-electron chi connectivity index (χ3n) is 3.56. The molecular weight excluding hydrogens is 208 g/mol. The van der Waals surface area contributed by atoms with Gasteiger partial charge in [-0.3, -0.25) is 0 Å². The van der Waals surface area contributed by atoms with Gasteiger partial charge in [0.25, 0.3) is 0 Å². The van der Waals surface area contributed by atoms with E-state index in [9.17, 15) is 0 Å². The zero-order valence-corrected chi connectivity index (χ0v) is 11.9. The van der Waals surface area contributed by atoms with E-state index in [1.807, 2.05) is 0 Å². The smallest absolute Gasteiger partial charge is 0.0183 e. The van der Waals surface area contributed by atoms with Gasteiger partial charge < -0.3 is 10.6 Å². The maximum atomic E-state index is 3.55. The summed E-state index contributed by atoms with van der Waals surface area (Å²) in [6.45, 7) is 11.4. The lowest BCUT2D eigenvalue weighted by atomic mass is 10.0. The minimum Gasteiger partial charge on any atom is -0.313 e. The molecular formula is C15H30N2. The predicted octanol–water partition coefficient (Wildman–Crippen LogP) is 3.10. The highest BCUT2D eigenvalue weighted by Crippen LogP contribution is 2.09. The van der Waals surface area contributed by atoms with Gasteiger partial charge in [0.05, 0.1) is 0 Å². The van der Waals surface area contributed by atoms with Crippen molar-refractivity contribution in [3.8, 4) is 0 Å². The molecule has 0 aliphatic carbocycles. The van der Waals surface area contributed by atoms with Crippen molar-refractivity contribution in [2.75, 3.05) is 26.2 Å². The van der Waals surface area contributed by atoms with Gasteiger partial charge in [0, 0.05) is 19.6 Å². The summed E-state index contributed by atoms with van der Waals surface area (Å²) < 4.78 is 0. The second-order valence-corrected chi connectivity index (χ2v) is 5.76. The topological polar surface area (TPSA) is 24.1 Å². The molecule has 1 fully saturated rings. The molecule has 1 rings (SSSR count). The van der Waals surface area contributed by atoms with Crippen LogP contribution in [0.4, 0.5) is 0 Å². The van der Waals surface area contributed by atoms with E-state index in [4.69, 9.17) is 0 Å². The maximum Gasteiger partial charge on any atom is 0.0183 e. The summed E-state index contributed by atoms with van der Waals surface area (Å²) in [5, 5.41) is 6.84. The van der Waals surface area contributed by atoms with Gasteiger partial charge in [-0.15, -0.1) is 0 Å². The first-order chi connectivity index (χ1) is 8.20. The van der Waals surface area contributed by atoms with Gasteiger partial charge in [0.15, 0.2) is 0 Å². The van der Waals surface area contributed by atoms with Gasteiger partial charge >= 0.3 is 0 Å². The largest absolute Gasteiger partial charge is 0.313 e. The number of hydrogen-bond acceptors (Lipinski definition) is 2. The summed E-state index contributed by atoms with van der Waals surface area (Å²) >= 11 is 0. The minimum absolute atomic E-state index is 0.874. The average Bonchev–Trinajstić information content (AvgIpc) is 2.19. The molecule has 0 atom stereocenters. The molecule has 0 bridgehead atoms. The number of nitrogens with one attached hydrogen (secondary N) is 2. The lowest BCUT2D eigenvalue weighted by molar-refractivity contribution is 0.514. The summed E-state index contributed by atoms with van der Waals surface area (Å²) in [7, 11) is 0. The van der Waals surface area contributed by atoms with Crippen LogP contribution in [0.2, 0.25) is 0 Å². The van der Waals surface area contributed by atoms with E-state index in [1.165, 1.54) is 38.6 Å². The highest BCUT2D eigenvalue weighted by atomic mass is 14.9. The van der Waals surface area contributed by atoms with Crippen LogP contribution in [-0.2, 0) is 0 Å². The first-order valence-corrected chi connectivity index (χ1v) is 7.29. The molecule has 0 aromatic carbocycles. The zero-order chi connectivity index (χ0) is 12.5. The fraction of sp³-hybridized carbons (Fsp3) is 0.867. The molecule has 100 valence electrons. The second kappa shape index (κ2) is 8.71. The van der Waals surface area contributed by atoms with Crippen molar-refractivity contribution >= 4 is 0 Å². The Kier molecular flexibility index (Phi) is 7.54. The standard InChI is InChI=1S/C15H30N2/c1-13(2)8-6-4-5-7-9-16-10-14(3)15-11-17-12-15/h13,16-17H,4-12H2,1-3H3. The molecule has 0 saturated carbocycles. The van der Waals surface area contributed by atoms with Crippen molar-refractivity contribution in [1.82, 2.24) is 10.6 Å². The van der Waals surface area contributed by atoms with E-state index in [0.717, 1.165) is 25.6 Å². The SMILES string of the molecule is CC(CNCCCCCCC(C)C)=C1CNC1. The van der Waals surface area contributed by atoms with Crippen LogP contribution in [0.15, 0.2) is 11.1 Å². The zero-order valence-electron chi connectivity index (χ0n) is 11.9. The fourth-order valence-corrected chi connectivity index (χ4v) is 2.11. The Labute approximate surface area is 107 Å². The van der Waals surface area contributed by atoms with Crippen LogP contribution in [0.3, 0.4) is 0 Å². The first-order valence-electron chi connectivity index (χ1n) is 7.29. The van der Waals surface area contributed by atoms with E-state index >= 15 is 0 Å². The quantitative estimate of drug-likeness (QED) is 0.476. The number of rotatable bonds is 9. The monoisotopic (exact) mass is 238 g/mol. The van der Waals surface area contributed by atoms with Crippen molar-refractivity contribution in [2.45, 2.75) is 52.9 Å². The summed E-state index contributed by atoms with van der Waals surface area (Å²) in [6, 6.07) is 0. The molecule has 0 aromatic rings. The van der Waals surface area contributed by atoms with Gasteiger partial charge in [0.1, 0.15) is 0 Å². The highest BCUT2D eigenvalue weighted by molar-refractivity contribution is 5.22. The average molecular weight is 238 g/mol. The van der Waals surface area contributed by atoms with E-state index in [1.54, 1.807) is 11.1 Å². The fourth-order valence-electron chi connectivity index (χ4n) is 2.11. The van der Waals surface area contributed by atoms with E-state index in [2.05, 4.69) is 31.4 Å². The van der Waals surface area contributed by atoms with Crippen LogP contribution in [-0.4, -0.2) is 26.2 Å². The Balaban J connectivity index is 1.84. The van der Waals surface area contributed by atoms with Crippen molar-refractivity contribution in [3.05, 3.63) is 11.1 Å². The summed E-state index contributed by atoms with van der Waals surface area (Å²) in [4.78, 5) is 0. The molecule has 1 aliphatic rings. The van der Waals surface area contributed by atoms with Crippen LogP contribution in [0.5, 0.6) is 0 Å². The Morgan fingerprint density at radius 1 is 1.18 bits per heavy atom.